The highest BCUT2D eigenvalue weighted by atomic mass is 32.2. The Morgan fingerprint density at radius 1 is 0.897 bits per heavy atom. The first-order chi connectivity index (χ1) is 14.0. The Morgan fingerprint density at radius 3 is 2.17 bits per heavy atom. The van der Waals surface area contributed by atoms with E-state index in [0.29, 0.717) is 24.5 Å². The van der Waals surface area contributed by atoms with Crippen LogP contribution in [0.5, 0.6) is 11.5 Å². The highest BCUT2D eigenvalue weighted by Crippen LogP contribution is 2.29. The van der Waals surface area contributed by atoms with Crippen molar-refractivity contribution < 1.29 is 17.9 Å². The second kappa shape index (κ2) is 9.98. The van der Waals surface area contributed by atoms with E-state index in [2.05, 4.69) is 33.9 Å². The Hall–Kier alpha value is -2.25. The van der Waals surface area contributed by atoms with Crippen LogP contribution in [-0.4, -0.2) is 42.3 Å². The molecule has 0 saturated carbocycles. The molecule has 158 valence electrons. The van der Waals surface area contributed by atoms with Crippen LogP contribution in [0.15, 0.2) is 47.4 Å². The molecule has 0 aliphatic carbocycles. The van der Waals surface area contributed by atoms with Gasteiger partial charge in [0.1, 0.15) is 0 Å². The zero-order valence-electron chi connectivity index (χ0n) is 17.2. The predicted molar refractivity (Wildman–Crippen MR) is 116 cm³/mol. The first kappa shape index (κ1) is 21.5. The normalized spacial score (nSPS) is 15.0. The van der Waals surface area contributed by atoms with Gasteiger partial charge in [0.05, 0.1) is 19.1 Å². The molecule has 6 nitrogen and oxygen atoms in total. The Kier molecular flexibility index (Phi) is 7.39. The molecular formula is C22H30N2O4S. The number of sulfonamides is 1. The molecule has 2 aromatic carbocycles. The monoisotopic (exact) mass is 418 g/mol. The zero-order chi connectivity index (χ0) is 20.7. The lowest BCUT2D eigenvalue weighted by Crippen LogP contribution is -2.26. The Labute approximate surface area is 173 Å². The summed E-state index contributed by atoms with van der Waals surface area (Å²) < 4.78 is 38.2. The van der Waals surface area contributed by atoms with Crippen LogP contribution >= 0.6 is 0 Å². The number of methoxy groups -OCH3 is 2. The largest absolute Gasteiger partial charge is 0.493 e. The predicted octanol–water partition coefficient (Wildman–Crippen LogP) is 3.61. The molecule has 3 rings (SSSR count). The molecule has 0 amide bonds. The quantitative estimate of drug-likeness (QED) is 0.709. The summed E-state index contributed by atoms with van der Waals surface area (Å²) in [5, 5.41) is 0. The summed E-state index contributed by atoms with van der Waals surface area (Å²) in [6.07, 6.45) is 5.76. The number of ether oxygens (including phenoxy) is 2. The highest BCUT2D eigenvalue weighted by Gasteiger charge is 2.16. The number of nitrogens with one attached hydrogen (secondary N) is 1. The van der Waals surface area contributed by atoms with Crippen LogP contribution in [0.3, 0.4) is 0 Å². The molecule has 0 atom stereocenters. The van der Waals surface area contributed by atoms with Gasteiger partial charge >= 0.3 is 0 Å². The van der Waals surface area contributed by atoms with Crippen molar-refractivity contribution in [2.24, 2.45) is 0 Å². The third-order valence-corrected chi connectivity index (χ3v) is 6.74. The summed E-state index contributed by atoms with van der Waals surface area (Å²) >= 11 is 0. The van der Waals surface area contributed by atoms with Gasteiger partial charge in [-0.15, -0.1) is 0 Å². The van der Waals surface area contributed by atoms with Crippen molar-refractivity contribution in [3.63, 3.8) is 0 Å². The number of benzene rings is 2. The molecule has 0 spiro atoms. The lowest BCUT2D eigenvalue weighted by molar-refractivity contribution is 0.354. The second-order valence-electron chi connectivity index (χ2n) is 7.23. The van der Waals surface area contributed by atoms with Crippen LogP contribution in [0.25, 0.3) is 0 Å². The van der Waals surface area contributed by atoms with Crippen molar-refractivity contribution >= 4 is 15.7 Å². The lowest BCUT2D eigenvalue weighted by Gasteiger charge is -2.22. The first-order valence-electron chi connectivity index (χ1n) is 10.1. The van der Waals surface area contributed by atoms with Gasteiger partial charge in [0.2, 0.25) is 10.0 Å². The van der Waals surface area contributed by atoms with Crippen molar-refractivity contribution in [3.8, 4) is 11.5 Å². The number of hydrogen-bond donors (Lipinski definition) is 1. The van der Waals surface area contributed by atoms with E-state index >= 15 is 0 Å². The Balaban J connectivity index is 1.57. The molecule has 1 heterocycles. The van der Waals surface area contributed by atoms with Gasteiger partial charge < -0.3 is 14.4 Å². The minimum atomic E-state index is -3.61. The molecule has 29 heavy (non-hydrogen) atoms. The van der Waals surface area contributed by atoms with Gasteiger partial charge in [-0.25, -0.2) is 13.1 Å². The molecule has 1 aliphatic heterocycles. The average Bonchev–Trinajstić information content (AvgIpc) is 3.03. The third-order valence-electron chi connectivity index (χ3n) is 5.28. The summed E-state index contributed by atoms with van der Waals surface area (Å²) in [6.45, 7) is 2.56. The molecule has 7 heteroatoms. The molecule has 1 saturated heterocycles. The Morgan fingerprint density at radius 2 is 1.55 bits per heavy atom. The van der Waals surface area contributed by atoms with Crippen molar-refractivity contribution in [2.45, 2.75) is 37.0 Å². The lowest BCUT2D eigenvalue weighted by atomic mass is 10.1. The van der Waals surface area contributed by atoms with Gasteiger partial charge in [-0.05, 0) is 49.1 Å². The topological polar surface area (TPSA) is 67.9 Å². The fraction of sp³-hybridized carbons (Fsp3) is 0.455. The molecule has 0 bridgehead atoms. The first-order valence-corrected chi connectivity index (χ1v) is 11.6. The van der Waals surface area contributed by atoms with E-state index in [1.54, 1.807) is 6.07 Å². The standard InChI is InChI=1S/C22H30N2O4S/c1-27-21-12-11-20(17-22(21)28-2)29(25,26)23-14-13-18-7-9-19(10-8-18)24-15-5-3-4-6-16-24/h7-12,17,23H,3-6,13-16H2,1-2H3. The molecule has 1 N–H and O–H groups in total. The Bertz CT molecular complexity index is 890. The summed E-state index contributed by atoms with van der Waals surface area (Å²) in [6, 6.07) is 13.0. The van der Waals surface area contributed by atoms with Crippen molar-refractivity contribution in [1.82, 2.24) is 4.72 Å². The minimum Gasteiger partial charge on any atom is -0.493 e. The van der Waals surface area contributed by atoms with Gasteiger partial charge in [0, 0.05) is 31.4 Å². The van der Waals surface area contributed by atoms with Crippen molar-refractivity contribution in [3.05, 3.63) is 48.0 Å². The van der Waals surface area contributed by atoms with Crippen LogP contribution < -0.4 is 19.1 Å². The average molecular weight is 419 g/mol. The zero-order valence-corrected chi connectivity index (χ0v) is 18.0. The SMILES string of the molecule is COc1ccc(S(=O)(=O)NCCc2ccc(N3CCCCCC3)cc2)cc1OC. The molecule has 1 fully saturated rings. The van der Waals surface area contributed by atoms with E-state index in [4.69, 9.17) is 9.47 Å². The van der Waals surface area contributed by atoms with Gasteiger partial charge in [0.15, 0.2) is 11.5 Å². The summed E-state index contributed by atoms with van der Waals surface area (Å²) in [4.78, 5) is 2.60. The molecule has 1 aliphatic rings. The van der Waals surface area contributed by atoms with Gasteiger partial charge in [-0.1, -0.05) is 25.0 Å². The van der Waals surface area contributed by atoms with E-state index in [1.807, 2.05) is 0 Å². The number of nitrogens with zero attached hydrogens (tertiary/aromatic N) is 1. The van der Waals surface area contributed by atoms with E-state index in [-0.39, 0.29) is 4.90 Å². The smallest absolute Gasteiger partial charge is 0.240 e. The molecular weight excluding hydrogens is 388 g/mol. The van der Waals surface area contributed by atoms with Gasteiger partial charge in [0.25, 0.3) is 0 Å². The maximum Gasteiger partial charge on any atom is 0.240 e. The number of anilines is 1. The number of hydrogen-bond acceptors (Lipinski definition) is 5. The van der Waals surface area contributed by atoms with E-state index in [9.17, 15) is 8.42 Å². The number of rotatable bonds is 8. The van der Waals surface area contributed by atoms with Crippen LogP contribution in [-0.2, 0) is 16.4 Å². The van der Waals surface area contributed by atoms with Crippen LogP contribution in [0.1, 0.15) is 31.2 Å². The molecule has 0 unspecified atom stereocenters. The van der Waals surface area contributed by atoms with Crippen LogP contribution in [0.4, 0.5) is 5.69 Å². The van der Waals surface area contributed by atoms with E-state index in [1.165, 1.54) is 57.7 Å². The summed E-state index contributed by atoms with van der Waals surface area (Å²) in [5.74, 6) is 0.885. The van der Waals surface area contributed by atoms with Gasteiger partial charge in [-0.2, -0.15) is 0 Å². The maximum absolute atomic E-state index is 12.6. The summed E-state index contributed by atoms with van der Waals surface area (Å²) in [5.41, 5.74) is 2.36. The highest BCUT2D eigenvalue weighted by molar-refractivity contribution is 7.89. The summed E-state index contributed by atoms with van der Waals surface area (Å²) in [7, 11) is -0.612. The minimum absolute atomic E-state index is 0.159. The van der Waals surface area contributed by atoms with Crippen molar-refractivity contribution in [2.75, 3.05) is 38.8 Å². The molecule has 0 aromatic heterocycles. The van der Waals surface area contributed by atoms with E-state index < -0.39 is 10.0 Å². The fourth-order valence-electron chi connectivity index (χ4n) is 3.60. The van der Waals surface area contributed by atoms with E-state index in [0.717, 1.165) is 18.7 Å². The molecule has 2 aromatic rings. The third kappa shape index (κ3) is 5.64. The van der Waals surface area contributed by atoms with Crippen LogP contribution in [0, 0.1) is 0 Å². The van der Waals surface area contributed by atoms with Crippen molar-refractivity contribution in [1.29, 1.82) is 0 Å². The molecule has 0 radical (unpaired) electrons. The van der Waals surface area contributed by atoms with Gasteiger partial charge in [-0.3, -0.25) is 0 Å². The maximum atomic E-state index is 12.6. The fourth-order valence-corrected chi connectivity index (χ4v) is 4.65. The van der Waals surface area contributed by atoms with Crippen LogP contribution in [0.2, 0.25) is 0 Å². The second-order valence-corrected chi connectivity index (χ2v) is 9.00.